The van der Waals surface area contributed by atoms with Gasteiger partial charge in [-0.2, -0.15) is 5.10 Å². The molecule has 6 nitrogen and oxygen atoms in total. The Morgan fingerprint density at radius 1 is 1.20 bits per heavy atom. The van der Waals surface area contributed by atoms with Crippen molar-refractivity contribution in [2.75, 3.05) is 0 Å². The van der Waals surface area contributed by atoms with Crippen molar-refractivity contribution in [3.8, 4) is 5.69 Å². The van der Waals surface area contributed by atoms with Crippen molar-refractivity contribution in [1.29, 1.82) is 0 Å². The Labute approximate surface area is 180 Å². The fourth-order valence-electron chi connectivity index (χ4n) is 3.96. The zero-order chi connectivity index (χ0) is 21.3. The molecule has 0 unspecified atom stereocenters. The Balaban J connectivity index is 1.39. The summed E-state index contributed by atoms with van der Waals surface area (Å²) in [5, 5.41) is 4.57. The molecule has 156 valence electrons. The van der Waals surface area contributed by atoms with E-state index in [1.165, 1.54) is 28.2 Å². The molecule has 30 heavy (non-hydrogen) atoms. The number of para-hydroxylation sites is 1. The molecule has 2 aromatic heterocycles. The van der Waals surface area contributed by atoms with Crippen molar-refractivity contribution in [2.24, 2.45) is 5.92 Å². The number of aromatic nitrogens is 2. The zero-order valence-corrected chi connectivity index (χ0v) is 18.3. The van der Waals surface area contributed by atoms with Gasteiger partial charge < -0.3 is 0 Å². The summed E-state index contributed by atoms with van der Waals surface area (Å²) in [6, 6.07) is 11.8. The second kappa shape index (κ2) is 8.44. The van der Waals surface area contributed by atoms with Gasteiger partial charge >= 0.3 is 0 Å². The number of benzene rings is 1. The van der Waals surface area contributed by atoms with Crippen molar-refractivity contribution in [3.63, 3.8) is 0 Å². The molecule has 1 aliphatic carbocycles. The van der Waals surface area contributed by atoms with Crippen molar-refractivity contribution in [1.82, 2.24) is 20.6 Å². The highest BCUT2D eigenvalue weighted by Crippen LogP contribution is 2.32. The Kier molecular flexibility index (Phi) is 5.72. The van der Waals surface area contributed by atoms with Gasteiger partial charge in [0.25, 0.3) is 5.91 Å². The first kappa shape index (κ1) is 20.3. The molecule has 2 heterocycles. The lowest BCUT2D eigenvalue weighted by Gasteiger charge is -2.16. The van der Waals surface area contributed by atoms with Crippen LogP contribution in [0.25, 0.3) is 5.69 Å². The zero-order valence-electron chi connectivity index (χ0n) is 17.5. The first-order chi connectivity index (χ1) is 14.4. The molecule has 3 aromatic rings. The van der Waals surface area contributed by atoms with Gasteiger partial charge in [-0.25, -0.2) is 4.68 Å². The highest BCUT2D eigenvalue weighted by molar-refractivity contribution is 7.14. The summed E-state index contributed by atoms with van der Waals surface area (Å²) >= 11 is 1.53. The van der Waals surface area contributed by atoms with Crippen molar-refractivity contribution < 1.29 is 9.59 Å². The fourth-order valence-corrected chi connectivity index (χ4v) is 5.07. The summed E-state index contributed by atoms with van der Waals surface area (Å²) in [6.07, 6.45) is 3.38. The quantitative estimate of drug-likeness (QED) is 0.630. The molecule has 0 spiro atoms. The smallest absolute Gasteiger partial charge is 0.273 e. The summed E-state index contributed by atoms with van der Waals surface area (Å²) in [5.41, 5.74) is 9.93. The summed E-state index contributed by atoms with van der Waals surface area (Å²) in [7, 11) is 0. The average molecular weight is 423 g/mol. The number of aryl methyl sites for hydroxylation is 2. The number of carbonyl (C=O) groups is 2. The first-order valence-corrected chi connectivity index (χ1v) is 11.0. The Bertz CT molecular complexity index is 1080. The van der Waals surface area contributed by atoms with Gasteiger partial charge in [0.05, 0.1) is 22.7 Å². The second-order valence-corrected chi connectivity index (χ2v) is 9.12. The Morgan fingerprint density at radius 2 is 1.97 bits per heavy atom. The van der Waals surface area contributed by atoms with Gasteiger partial charge in [-0.05, 0) is 62.8 Å². The molecule has 0 saturated heterocycles. The van der Waals surface area contributed by atoms with Crippen LogP contribution in [0.4, 0.5) is 0 Å². The normalized spacial score (nSPS) is 15.5. The minimum atomic E-state index is -0.267. The van der Waals surface area contributed by atoms with Gasteiger partial charge in [0.2, 0.25) is 5.91 Å². The largest absolute Gasteiger partial charge is 0.279 e. The van der Waals surface area contributed by atoms with Gasteiger partial charge in [-0.15, -0.1) is 11.3 Å². The van der Waals surface area contributed by atoms with Crippen LogP contribution in [0.3, 0.4) is 0 Å². The number of amides is 2. The van der Waals surface area contributed by atoms with Crippen LogP contribution in [0.2, 0.25) is 0 Å². The number of rotatable bonds is 4. The van der Waals surface area contributed by atoms with Gasteiger partial charge in [-0.3, -0.25) is 20.4 Å². The van der Waals surface area contributed by atoms with Gasteiger partial charge in [0, 0.05) is 16.1 Å². The summed E-state index contributed by atoms with van der Waals surface area (Å²) in [5.74, 6) is 0.131. The van der Waals surface area contributed by atoms with E-state index < -0.39 is 0 Å². The third-order valence-corrected chi connectivity index (χ3v) is 6.88. The van der Waals surface area contributed by atoms with Crippen LogP contribution < -0.4 is 10.9 Å². The Hall–Kier alpha value is -2.93. The Morgan fingerprint density at radius 3 is 2.73 bits per heavy atom. The molecule has 4 rings (SSSR count). The molecule has 1 aliphatic rings. The topological polar surface area (TPSA) is 76.0 Å². The second-order valence-electron chi connectivity index (χ2n) is 7.98. The standard InChI is InChI=1S/C23H26N4O2S/c1-14-9-10-20-17(11-14)12-21(30-20)23(29)25-24-22(28)13-19-15(2)26-27(16(19)3)18-7-5-4-6-8-18/h4-8,12,14H,9-11,13H2,1-3H3,(H,24,28)(H,25,29)/t14-/m1/s1. The highest BCUT2D eigenvalue weighted by Gasteiger charge is 2.21. The van der Waals surface area contributed by atoms with E-state index in [2.05, 4.69) is 22.9 Å². The molecule has 7 heteroatoms. The van der Waals surface area contributed by atoms with Gasteiger partial charge in [-0.1, -0.05) is 25.1 Å². The maximum atomic E-state index is 12.5. The lowest BCUT2D eigenvalue weighted by molar-refractivity contribution is -0.121. The van der Waals surface area contributed by atoms with Crippen LogP contribution in [0, 0.1) is 19.8 Å². The van der Waals surface area contributed by atoms with Crippen LogP contribution in [-0.2, 0) is 24.1 Å². The van der Waals surface area contributed by atoms with Crippen molar-refractivity contribution >= 4 is 23.2 Å². The van der Waals surface area contributed by atoms with Gasteiger partial charge in [0.15, 0.2) is 0 Å². The van der Waals surface area contributed by atoms with E-state index in [0.29, 0.717) is 10.8 Å². The van der Waals surface area contributed by atoms with E-state index in [4.69, 9.17) is 0 Å². The average Bonchev–Trinajstić information content (AvgIpc) is 3.28. The molecule has 0 saturated carbocycles. The van der Waals surface area contributed by atoms with Crippen LogP contribution in [0.5, 0.6) is 0 Å². The molecule has 0 fully saturated rings. The van der Waals surface area contributed by atoms with Gasteiger partial charge in [0.1, 0.15) is 0 Å². The predicted molar refractivity (Wildman–Crippen MR) is 118 cm³/mol. The van der Waals surface area contributed by atoms with Crippen molar-refractivity contribution in [3.05, 3.63) is 68.7 Å². The minimum Gasteiger partial charge on any atom is -0.273 e. The number of carbonyl (C=O) groups excluding carboxylic acids is 2. The molecule has 1 atom stereocenters. The maximum Gasteiger partial charge on any atom is 0.279 e. The summed E-state index contributed by atoms with van der Waals surface area (Å²) in [6.45, 7) is 6.08. The summed E-state index contributed by atoms with van der Waals surface area (Å²) < 4.78 is 1.84. The van der Waals surface area contributed by atoms with Crippen LogP contribution in [0.15, 0.2) is 36.4 Å². The summed E-state index contributed by atoms with van der Waals surface area (Å²) in [4.78, 5) is 26.9. The lowest BCUT2D eigenvalue weighted by atomic mass is 9.90. The molecule has 2 amide bonds. The van der Waals surface area contributed by atoms with E-state index in [-0.39, 0.29) is 18.2 Å². The number of fused-ring (bicyclic) bond motifs is 1. The van der Waals surface area contributed by atoms with E-state index in [1.807, 2.05) is 54.9 Å². The number of hydrogen-bond acceptors (Lipinski definition) is 4. The maximum absolute atomic E-state index is 12.5. The van der Waals surface area contributed by atoms with Crippen LogP contribution in [0.1, 0.15) is 50.4 Å². The number of hydrogen-bond donors (Lipinski definition) is 2. The van der Waals surface area contributed by atoms with E-state index in [9.17, 15) is 9.59 Å². The predicted octanol–water partition coefficient (Wildman–Crippen LogP) is 3.68. The van der Waals surface area contributed by atoms with E-state index in [1.54, 1.807) is 0 Å². The fraction of sp³-hybridized carbons (Fsp3) is 0.348. The van der Waals surface area contributed by atoms with Crippen LogP contribution >= 0.6 is 11.3 Å². The third kappa shape index (κ3) is 4.16. The molecule has 0 bridgehead atoms. The highest BCUT2D eigenvalue weighted by atomic mass is 32.1. The molecule has 1 aromatic carbocycles. The first-order valence-electron chi connectivity index (χ1n) is 10.2. The number of nitrogens with one attached hydrogen (secondary N) is 2. The van der Waals surface area contributed by atoms with Crippen molar-refractivity contribution in [2.45, 2.75) is 46.5 Å². The van der Waals surface area contributed by atoms with E-state index >= 15 is 0 Å². The molecular weight excluding hydrogens is 396 g/mol. The number of thiophene rings is 1. The SMILES string of the molecule is Cc1nn(-c2ccccc2)c(C)c1CC(=O)NNC(=O)c1cc2c(s1)CC[C@@H](C)C2. The van der Waals surface area contributed by atoms with E-state index in [0.717, 1.165) is 35.5 Å². The third-order valence-electron chi connectivity index (χ3n) is 5.65. The van der Waals surface area contributed by atoms with Crippen LogP contribution in [-0.4, -0.2) is 21.6 Å². The number of nitrogens with zero attached hydrogens (tertiary/aromatic N) is 2. The molecule has 0 radical (unpaired) electrons. The molecule has 0 aliphatic heterocycles. The molecular formula is C23H26N4O2S. The lowest BCUT2D eigenvalue weighted by Crippen LogP contribution is -2.42. The molecule has 2 N–H and O–H groups in total. The monoisotopic (exact) mass is 422 g/mol. The minimum absolute atomic E-state index is 0.156. The number of hydrazine groups is 1.